The molecule has 0 aromatic carbocycles. The predicted octanol–water partition coefficient (Wildman–Crippen LogP) is 1.45. The van der Waals surface area contributed by atoms with E-state index in [2.05, 4.69) is 48.1 Å². The van der Waals surface area contributed by atoms with E-state index in [-0.39, 0.29) is 0 Å². The molecule has 0 amide bonds. The Morgan fingerprint density at radius 3 is 2.59 bits per heavy atom. The number of nitrogen functional groups attached to an aromatic ring is 1. The summed E-state index contributed by atoms with van der Waals surface area (Å²) in [5.41, 5.74) is 5.64. The standard InChI is InChI=1S/C12H23N5/c1-9(2)5-10(7-17(3)4)16-12-6-11(13)14-8-15-12/h6,8-10H,5,7H2,1-4H3,(H3,13,14,15,16). The molecule has 0 radical (unpaired) electrons. The molecule has 0 bridgehead atoms. The lowest BCUT2D eigenvalue weighted by Crippen LogP contribution is -2.33. The van der Waals surface area contributed by atoms with Crippen molar-refractivity contribution < 1.29 is 0 Å². The minimum Gasteiger partial charge on any atom is -0.384 e. The Kier molecular flexibility index (Phi) is 5.15. The Labute approximate surface area is 103 Å². The summed E-state index contributed by atoms with van der Waals surface area (Å²) in [5, 5.41) is 3.41. The second-order valence-corrected chi connectivity index (χ2v) is 5.06. The first kappa shape index (κ1) is 13.7. The van der Waals surface area contributed by atoms with Crippen molar-refractivity contribution in [2.75, 3.05) is 31.7 Å². The maximum Gasteiger partial charge on any atom is 0.131 e. The summed E-state index contributed by atoms with van der Waals surface area (Å²) in [7, 11) is 4.15. The molecule has 0 aliphatic carbocycles. The molecule has 1 unspecified atom stereocenters. The molecule has 17 heavy (non-hydrogen) atoms. The highest BCUT2D eigenvalue weighted by Gasteiger charge is 2.12. The smallest absolute Gasteiger partial charge is 0.131 e. The van der Waals surface area contributed by atoms with E-state index in [1.807, 2.05) is 0 Å². The number of nitrogens with two attached hydrogens (primary N) is 1. The molecular formula is C12H23N5. The van der Waals surface area contributed by atoms with Gasteiger partial charge in [-0.1, -0.05) is 13.8 Å². The van der Waals surface area contributed by atoms with E-state index >= 15 is 0 Å². The molecule has 1 atom stereocenters. The summed E-state index contributed by atoms with van der Waals surface area (Å²) in [5.74, 6) is 1.94. The molecule has 3 N–H and O–H groups in total. The molecule has 1 aromatic heterocycles. The number of nitrogens with zero attached hydrogens (tertiary/aromatic N) is 3. The lowest BCUT2D eigenvalue weighted by molar-refractivity contribution is 0.356. The summed E-state index contributed by atoms with van der Waals surface area (Å²) in [4.78, 5) is 10.2. The van der Waals surface area contributed by atoms with Crippen molar-refractivity contribution in [1.29, 1.82) is 0 Å². The first-order chi connectivity index (χ1) is 7.97. The van der Waals surface area contributed by atoms with Crippen LogP contribution in [-0.2, 0) is 0 Å². The number of nitrogens with one attached hydrogen (secondary N) is 1. The molecule has 1 heterocycles. The second-order valence-electron chi connectivity index (χ2n) is 5.06. The van der Waals surface area contributed by atoms with Crippen molar-refractivity contribution in [2.24, 2.45) is 5.92 Å². The van der Waals surface area contributed by atoms with Crippen LogP contribution in [0.3, 0.4) is 0 Å². The maximum absolute atomic E-state index is 5.64. The maximum atomic E-state index is 5.64. The molecule has 0 aliphatic heterocycles. The van der Waals surface area contributed by atoms with Crippen LogP contribution in [-0.4, -0.2) is 41.5 Å². The van der Waals surface area contributed by atoms with Crippen LogP contribution in [0.2, 0.25) is 0 Å². The zero-order valence-corrected chi connectivity index (χ0v) is 11.1. The lowest BCUT2D eigenvalue weighted by Gasteiger charge is -2.24. The van der Waals surface area contributed by atoms with E-state index in [0.717, 1.165) is 18.8 Å². The van der Waals surface area contributed by atoms with Gasteiger partial charge in [0.25, 0.3) is 0 Å². The van der Waals surface area contributed by atoms with Gasteiger partial charge in [0, 0.05) is 18.7 Å². The van der Waals surface area contributed by atoms with Crippen LogP contribution in [0.5, 0.6) is 0 Å². The van der Waals surface area contributed by atoms with Gasteiger partial charge in [0.1, 0.15) is 18.0 Å². The minimum atomic E-state index is 0.374. The summed E-state index contributed by atoms with van der Waals surface area (Å²) in [6.45, 7) is 5.42. The van der Waals surface area contributed by atoms with Crippen molar-refractivity contribution in [1.82, 2.24) is 14.9 Å². The molecule has 0 aliphatic rings. The fraction of sp³-hybridized carbons (Fsp3) is 0.667. The monoisotopic (exact) mass is 237 g/mol. The quantitative estimate of drug-likeness (QED) is 0.784. The Morgan fingerprint density at radius 1 is 1.35 bits per heavy atom. The van der Waals surface area contributed by atoms with E-state index in [1.54, 1.807) is 6.07 Å². The van der Waals surface area contributed by atoms with Crippen molar-refractivity contribution >= 4 is 11.6 Å². The van der Waals surface area contributed by atoms with Crippen LogP contribution in [0.25, 0.3) is 0 Å². The Hall–Kier alpha value is -1.36. The van der Waals surface area contributed by atoms with Gasteiger partial charge in [-0.3, -0.25) is 0 Å². The van der Waals surface area contributed by atoms with Gasteiger partial charge in [-0.2, -0.15) is 0 Å². The highest BCUT2D eigenvalue weighted by Crippen LogP contribution is 2.12. The summed E-state index contributed by atoms with van der Waals surface area (Å²) in [6, 6.07) is 2.14. The average Bonchev–Trinajstić information content (AvgIpc) is 2.14. The van der Waals surface area contributed by atoms with Crippen molar-refractivity contribution in [3.05, 3.63) is 12.4 Å². The van der Waals surface area contributed by atoms with Crippen molar-refractivity contribution in [3.8, 4) is 0 Å². The summed E-state index contributed by atoms with van der Waals surface area (Å²) < 4.78 is 0. The Morgan fingerprint density at radius 2 is 2.06 bits per heavy atom. The number of aromatic nitrogens is 2. The second kappa shape index (κ2) is 6.39. The topological polar surface area (TPSA) is 67.1 Å². The number of anilines is 2. The first-order valence-corrected chi connectivity index (χ1v) is 5.96. The zero-order valence-electron chi connectivity index (χ0n) is 11.1. The van der Waals surface area contributed by atoms with Gasteiger partial charge >= 0.3 is 0 Å². The van der Waals surface area contributed by atoms with Crippen LogP contribution >= 0.6 is 0 Å². The average molecular weight is 237 g/mol. The van der Waals surface area contributed by atoms with Crippen LogP contribution in [0.4, 0.5) is 11.6 Å². The normalized spacial score (nSPS) is 13.1. The molecule has 1 aromatic rings. The third-order valence-electron chi connectivity index (χ3n) is 2.38. The van der Waals surface area contributed by atoms with Crippen LogP contribution in [0.15, 0.2) is 12.4 Å². The van der Waals surface area contributed by atoms with E-state index in [0.29, 0.717) is 17.8 Å². The highest BCUT2D eigenvalue weighted by molar-refractivity contribution is 5.43. The molecular weight excluding hydrogens is 214 g/mol. The number of likely N-dealkylation sites (N-methyl/N-ethyl adjacent to an activating group) is 1. The molecule has 0 fully saturated rings. The van der Waals surface area contributed by atoms with Gasteiger partial charge in [-0.15, -0.1) is 0 Å². The van der Waals surface area contributed by atoms with Gasteiger partial charge < -0.3 is 16.0 Å². The molecule has 1 rings (SSSR count). The van der Waals surface area contributed by atoms with Crippen LogP contribution < -0.4 is 11.1 Å². The van der Waals surface area contributed by atoms with Crippen molar-refractivity contribution in [2.45, 2.75) is 26.3 Å². The minimum absolute atomic E-state index is 0.374. The first-order valence-electron chi connectivity index (χ1n) is 5.96. The van der Waals surface area contributed by atoms with Crippen molar-refractivity contribution in [3.63, 3.8) is 0 Å². The number of rotatable bonds is 6. The predicted molar refractivity (Wildman–Crippen MR) is 71.9 cm³/mol. The Balaban J connectivity index is 2.64. The highest BCUT2D eigenvalue weighted by atomic mass is 15.1. The number of hydrogen-bond donors (Lipinski definition) is 2. The summed E-state index contributed by atoms with van der Waals surface area (Å²) in [6.07, 6.45) is 2.59. The van der Waals surface area contributed by atoms with Gasteiger partial charge in [0.2, 0.25) is 0 Å². The van der Waals surface area contributed by atoms with Gasteiger partial charge in [-0.05, 0) is 26.4 Å². The molecule has 0 spiro atoms. The van der Waals surface area contributed by atoms with Crippen LogP contribution in [0, 0.1) is 5.92 Å². The summed E-state index contributed by atoms with van der Waals surface area (Å²) >= 11 is 0. The van der Waals surface area contributed by atoms with Gasteiger partial charge in [-0.25, -0.2) is 9.97 Å². The molecule has 5 heteroatoms. The third kappa shape index (κ3) is 5.49. The van der Waals surface area contributed by atoms with E-state index in [9.17, 15) is 0 Å². The molecule has 0 saturated heterocycles. The fourth-order valence-corrected chi connectivity index (χ4v) is 1.85. The van der Waals surface area contributed by atoms with E-state index in [4.69, 9.17) is 5.73 Å². The zero-order chi connectivity index (χ0) is 12.8. The van der Waals surface area contributed by atoms with Gasteiger partial charge in [0.15, 0.2) is 0 Å². The largest absolute Gasteiger partial charge is 0.384 e. The van der Waals surface area contributed by atoms with Crippen LogP contribution in [0.1, 0.15) is 20.3 Å². The van der Waals surface area contributed by atoms with E-state index < -0.39 is 0 Å². The van der Waals surface area contributed by atoms with E-state index in [1.165, 1.54) is 6.33 Å². The fourth-order valence-electron chi connectivity index (χ4n) is 1.85. The van der Waals surface area contributed by atoms with Gasteiger partial charge in [0.05, 0.1) is 0 Å². The molecule has 0 saturated carbocycles. The number of hydrogen-bond acceptors (Lipinski definition) is 5. The third-order valence-corrected chi connectivity index (χ3v) is 2.38. The molecule has 96 valence electrons. The lowest BCUT2D eigenvalue weighted by atomic mass is 10.0. The Bertz CT molecular complexity index is 327. The molecule has 5 nitrogen and oxygen atoms in total. The SMILES string of the molecule is CC(C)CC(CN(C)C)Nc1cc(N)ncn1.